The lowest BCUT2D eigenvalue weighted by Gasteiger charge is -2.20. The molecule has 1 N–H and O–H groups in total. The van der Waals surface area contributed by atoms with Crippen LogP contribution in [0.4, 0.5) is 4.79 Å². The summed E-state index contributed by atoms with van der Waals surface area (Å²) in [6, 6.07) is 0.989. The first kappa shape index (κ1) is 12.4. The number of carbonyl (C=O) groups excluding carboxylic acids is 2. The van der Waals surface area contributed by atoms with Crippen molar-refractivity contribution in [3.63, 3.8) is 0 Å². The summed E-state index contributed by atoms with van der Waals surface area (Å²) in [6.07, 6.45) is -0.236. The number of amides is 1. The van der Waals surface area contributed by atoms with Crippen LogP contribution >= 0.6 is 0 Å². The molecular formula is C9H14N2O3. The van der Waals surface area contributed by atoms with Crippen molar-refractivity contribution < 1.29 is 14.3 Å². The van der Waals surface area contributed by atoms with Gasteiger partial charge in [0.25, 0.3) is 0 Å². The molecule has 14 heavy (non-hydrogen) atoms. The predicted octanol–water partition coefficient (Wildman–Crippen LogP) is 0.992. The molecule has 0 aliphatic carbocycles. The highest BCUT2D eigenvalue weighted by Gasteiger charge is 2.18. The van der Waals surface area contributed by atoms with Gasteiger partial charge in [0, 0.05) is 0 Å². The van der Waals surface area contributed by atoms with E-state index in [1.807, 2.05) is 0 Å². The number of aldehydes is 1. The predicted molar refractivity (Wildman–Crippen MR) is 49.5 cm³/mol. The summed E-state index contributed by atoms with van der Waals surface area (Å²) < 4.78 is 4.90. The van der Waals surface area contributed by atoms with Gasteiger partial charge in [-0.15, -0.1) is 0 Å². The maximum Gasteiger partial charge on any atom is 0.408 e. The van der Waals surface area contributed by atoms with Crippen LogP contribution in [0.5, 0.6) is 0 Å². The van der Waals surface area contributed by atoms with Crippen molar-refractivity contribution in [2.45, 2.75) is 38.8 Å². The van der Waals surface area contributed by atoms with Gasteiger partial charge in [0.05, 0.1) is 12.5 Å². The molecule has 0 rings (SSSR count). The van der Waals surface area contributed by atoms with Gasteiger partial charge >= 0.3 is 6.09 Å². The summed E-state index contributed by atoms with van der Waals surface area (Å²) in [4.78, 5) is 21.5. The van der Waals surface area contributed by atoms with Crippen LogP contribution in [0.3, 0.4) is 0 Å². The molecule has 0 aromatic heterocycles. The molecule has 0 saturated carbocycles. The Labute approximate surface area is 83.0 Å². The average molecular weight is 198 g/mol. The van der Waals surface area contributed by atoms with Crippen molar-refractivity contribution in [3.05, 3.63) is 0 Å². The van der Waals surface area contributed by atoms with Crippen LogP contribution in [0.2, 0.25) is 0 Å². The highest BCUT2D eigenvalue weighted by atomic mass is 16.6. The molecule has 0 bridgehead atoms. The Bertz CT molecular complexity index is 250. The van der Waals surface area contributed by atoms with Crippen molar-refractivity contribution in [2.75, 3.05) is 0 Å². The molecule has 0 aliphatic heterocycles. The molecule has 0 spiro atoms. The van der Waals surface area contributed by atoms with Crippen LogP contribution in [0, 0.1) is 11.3 Å². The fourth-order valence-electron chi connectivity index (χ4n) is 0.690. The van der Waals surface area contributed by atoms with Crippen molar-refractivity contribution in [1.82, 2.24) is 5.32 Å². The Hall–Kier alpha value is -1.57. The summed E-state index contributed by atoms with van der Waals surface area (Å²) in [5.74, 6) is 0. The number of nitriles is 1. The second-order valence-corrected chi connectivity index (χ2v) is 3.75. The van der Waals surface area contributed by atoms with E-state index < -0.39 is 17.7 Å². The Morgan fingerprint density at radius 3 is 2.57 bits per heavy atom. The SMILES string of the molecule is CC(C)(C)OC(=O)NC(C=O)CC#N. The second-order valence-electron chi connectivity index (χ2n) is 3.75. The van der Waals surface area contributed by atoms with Crippen LogP contribution in [0.15, 0.2) is 0 Å². The van der Waals surface area contributed by atoms with E-state index >= 15 is 0 Å². The molecule has 78 valence electrons. The largest absolute Gasteiger partial charge is 0.444 e. The van der Waals surface area contributed by atoms with E-state index in [0.717, 1.165) is 0 Å². The average Bonchev–Trinajstić information content (AvgIpc) is 2.00. The van der Waals surface area contributed by atoms with E-state index in [1.165, 1.54) is 0 Å². The smallest absolute Gasteiger partial charge is 0.408 e. The first-order valence-electron chi connectivity index (χ1n) is 4.21. The number of ether oxygens (including phenoxy) is 1. The topological polar surface area (TPSA) is 79.2 Å². The summed E-state index contributed by atoms with van der Waals surface area (Å²) >= 11 is 0. The molecule has 0 aromatic carbocycles. The van der Waals surface area contributed by atoms with Crippen LogP contribution in [0.1, 0.15) is 27.2 Å². The molecule has 0 fully saturated rings. The third-order valence-electron chi connectivity index (χ3n) is 1.18. The van der Waals surface area contributed by atoms with E-state index in [2.05, 4.69) is 5.32 Å². The van der Waals surface area contributed by atoms with Crippen LogP contribution in [-0.4, -0.2) is 24.0 Å². The Morgan fingerprint density at radius 2 is 2.21 bits per heavy atom. The van der Waals surface area contributed by atoms with Crippen molar-refractivity contribution in [2.24, 2.45) is 0 Å². The number of nitrogens with one attached hydrogen (secondary N) is 1. The number of alkyl carbamates (subject to hydrolysis) is 1. The quantitative estimate of drug-likeness (QED) is 0.686. The molecule has 1 unspecified atom stereocenters. The number of carbonyl (C=O) groups is 2. The van der Waals surface area contributed by atoms with Gasteiger partial charge in [-0.1, -0.05) is 0 Å². The third kappa shape index (κ3) is 6.00. The number of hydrogen-bond acceptors (Lipinski definition) is 4. The summed E-state index contributed by atoms with van der Waals surface area (Å²) in [5.41, 5.74) is -0.607. The Morgan fingerprint density at radius 1 is 1.64 bits per heavy atom. The van der Waals surface area contributed by atoms with Gasteiger partial charge in [-0.2, -0.15) is 5.26 Å². The van der Waals surface area contributed by atoms with Gasteiger partial charge < -0.3 is 14.8 Å². The Kier molecular flexibility index (Phi) is 4.64. The third-order valence-corrected chi connectivity index (χ3v) is 1.18. The minimum Gasteiger partial charge on any atom is -0.444 e. The molecule has 1 amide bonds. The van der Waals surface area contributed by atoms with Gasteiger partial charge in [0.1, 0.15) is 17.9 Å². The van der Waals surface area contributed by atoms with E-state index in [9.17, 15) is 9.59 Å². The lowest BCUT2D eigenvalue weighted by molar-refractivity contribution is -0.109. The molecule has 5 heteroatoms. The molecule has 1 atom stereocenters. The maximum absolute atomic E-state index is 11.1. The highest BCUT2D eigenvalue weighted by Crippen LogP contribution is 2.06. The zero-order valence-corrected chi connectivity index (χ0v) is 8.53. The van der Waals surface area contributed by atoms with Gasteiger partial charge in [0.15, 0.2) is 0 Å². The number of rotatable bonds is 3. The first-order valence-corrected chi connectivity index (χ1v) is 4.21. The zero-order valence-electron chi connectivity index (χ0n) is 8.53. The molecule has 0 heterocycles. The minimum absolute atomic E-state index is 0.0528. The summed E-state index contributed by atoms with van der Waals surface area (Å²) in [6.45, 7) is 5.15. The van der Waals surface area contributed by atoms with E-state index in [-0.39, 0.29) is 6.42 Å². The van der Waals surface area contributed by atoms with Crippen LogP contribution < -0.4 is 5.32 Å². The van der Waals surface area contributed by atoms with Crippen molar-refractivity contribution in [3.8, 4) is 6.07 Å². The van der Waals surface area contributed by atoms with Crippen molar-refractivity contribution in [1.29, 1.82) is 5.26 Å². The van der Waals surface area contributed by atoms with Crippen LogP contribution in [0.25, 0.3) is 0 Å². The monoisotopic (exact) mass is 198 g/mol. The molecule has 0 radical (unpaired) electrons. The van der Waals surface area contributed by atoms with E-state index in [4.69, 9.17) is 10.00 Å². The minimum atomic E-state index is -0.796. The van der Waals surface area contributed by atoms with E-state index in [1.54, 1.807) is 26.8 Å². The lowest BCUT2D eigenvalue weighted by Crippen LogP contribution is -2.39. The molecule has 0 aliphatic rings. The number of hydrogen-bond donors (Lipinski definition) is 1. The van der Waals surface area contributed by atoms with Gasteiger partial charge in [0.2, 0.25) is 0 Å². The fourth-order valence-corrected chi connectivity index (χ4v) is 0.690. The fraction of sp³-hybridized carbons (Fsp3) is 0.667. The molecule has 0 saturated heterocycles. The van der Waals surface area contributed by atoms with E-state index in [0.29, 0.717) is 6.29 Å². The van der Waals surface area contributed by atoms with Crippen LogP contribution in [-0.2, 0) is 9.53 Å². The normalized spacial score (nSPS) is 12.4. The van der Waals surface area contributed by atoms with Gasteiger partial charge in [-0.25, -0.2) is 4.79 Å². The Balaban J connectivity index is 4.05. The number of nitrogens with zero attached hydrogens (tertiary/aromatic N) is 1. The molecular weight excluding hydrogens is 184 g/mol. The lowest BCUT2D eigenvalue weighted by atomic mass is 10.2. The second kappa shape index (κ2) is 5.22. The highest BCUT2D eigenvalue weighted by molar-refractivity contribution is 5.73. The van der Waals surface area contributed by atoms with Gasteiger partial charge in [-0.3, -0.25) is 0 Å². The van der Waals surface area contributed by atoms with Gasteiger partial charge in [-0.05, 0) is 20.8 Å². The summed E-state index contributed by atoms with van der Waals surface area (Å²) in [5, 5.41) is 10.6. The maximum atomic E-state index is 11.1. The first-order chi connectivity index (χ1) is 6.39. The van der Waals surface area contributed by atoms with Crippen molar-refractivity contribution >= 4 is 12.4 Å². The summed E-state index contributed by atoms with van der Waals surface area (Å²) in [7, 11) is 0. The zero-order chi connectivity index (χ0) is 11.2. The standard InChI is InChI=1S/C9H14N2O3/c1-9(2,3)14-8(13)11-7(6-12)4-5-10/h6-7H,4H2,1-3H3,(H,11,13). The molecule has 0 aromatic rings. The molecule has 5 nitrogen and oxygen atoms in total.